The molecule has 2 rings (SSSR count). The van der Waals surface area contributed by atoms with E-state index < -0.39 is 38.0 Å². The molecule has 0 aromatic heterocycles. The van der Waals surface area contributed by atoms with E-state index in [4.69, 9.17) is 12.3 Å². The van der Waals surface area contributed by atoms with Crippen molar-refractivity contribution in [2.75, 3.05) is 18.4 Å². The maximum atomic E-state index is 13.1. The molecule has 1 aromatic carbocycles. The average Bonchev–Trinajstić information content (AvgIpc) is 2.63. The summed E-state index contributed by atoms with van der Waals surface area (Å²) in [5.41, 5.74) is 2.24. The fourth-order valence-corrected chi connectivity index (χ4v) is 2.66. The number of para-hydroxylation sites is 1. The molecule has 1 saturated heterocycles. The number of nitrogens with one attached hydrogen (secondary N) is 1. The van der Waals surface area contributed by atoms with E-state index in [1.54, 1.807) is 0 Å². The minimum atomic E-state index is -3.46. The molecule has 1 heterocycles. The number of rotatable bonds is 5. The lowest BCUT2D eigenvalue weighted by Gasteiger charge is -2.34. The van der Waals surface area contributed by atoms with Gasteiger partial charge in [-0.3, -0.25) is 9.69 Å². The van der Waals surface area contributed by atoms with Crippen molar-refractivity contribution >= 4 is 24.0 Å². The van der Waals surface area contributed by atoms with E-state index in [0.29, 0.717) is 18.5 Å². The SMILES string of the molecule is Cl.[2H]C([2H])([2H])C([2H])([2H])C([2H])([2H])C([2H])([2H])N1CCCCC1C(=O)Nc1c(C)cccc1C. The monoisotopic (exact) mass is 333 g/mol. The number of aryl methyl sites for hydroxylation is 2. The molecule has 1 aliphatic rings. The van der Waals surface area contributed by atoms with Gasteiger partial charge in [-0.05, 0) is 57.2 Å². The highest BCUT2D eigenvalue weighted by molar-refractivity contribution is 5.96. The molecule has 3 nitrogen and oxygen atoms in total. The Balaban J connectivity index is 0.00000480. The topological polar surface area (TPSA) is 32.3 Å². The Morgan fingerprint density at radius 3 is 2.82 bits per heavy atom. The van der Waals surface area contributed by atoms with Crippen molar-refractivity contribution in [1.82, 2.24) is 4.90 Å². The molecule has 1 N–H and O–H groups in total. The van der Waals surface area contributed by atoms with Crippen LogP contribution in [0.15, 0.2) is 18.2 Å². The van der Waals surface area contributed by atoms with Crippen LogP contribution in [0.1, 0.15) is 62.3 Å². The third-order valence-electron chi connectivity index (χ3n) is 3.80. The lowest BCUT2D eigenvalue weighted by Crippen LogP contribution is -2.47. The first kappa shape index (κ1) is 9.29. The quantitative estimate of drug-likeness (QED) is 0.870. The van der Waals surface area contributed by atoms with Crippen LogP contribution in [0.5, 0.6) is 0 Å². The van der Waals surface area contributed by atoms with Crippen molar-refractivity contribution in [3.63, 3.8) is 0 Å². The predicted octanol–water partition coefficient (Wildman–Crippen LogP) is 4.32. The fourth-order valence-electron chi connectivity index (χ4n) is 2.66. The van der Waals surface area contributed by atoms with E-state index >= 15 is 0 Å². The van der Waals surface area contributed by atoms with Crippen LogP contribution in [-0.2, 0) is 4.79 Å². The maximum absolute atomic E-state index is 13.1. The van der Waals surface area contributed by atoms with Gasteiger partial charge in [0.05, 0.1) is 6.04 Å². The van der Waals surface area contributed by atoms with Gasteiger partial charge in [0.15, 0.2) is 0 Å². The second-order valence-corrected chi connectivity index (χ2v) is 5.32. The number of hydrogen-bond donors (Lipinski definition) is 1. The zero-order valence-electron chi connectivity index (χ0n) is 21.9. The molecular weight excluding hydrogens is 296 g/mol. The van der Waals surface area contributed by atoms with Crippen LogP contribution >= 0.6 is 12.4 Å². The highest BCUT2D eigenvalue weighted by Gasteiger charge is 2.28. The van der Waals surface area contributed by atoms with Crippen LogP contribution < -0.4 is 5.32 Å². The van der Waals surface area contributed by atoms with Crippen molar-refractivity contribution in [3.05, 3.63) is 29.3 Å². The third-order valence-corrected chi connectivity index (χ3v) is 3.80. The van der Waals surface area contributed by atoms with Gasteiger partial charge in [0.1, 0.15) is 0 Å². The van der Waals surface area contributed by atoms with Gasteiger partial charge in [-0.25, -0.2) is 0 Å². The minimum absolute atomic E-state index is 0. The first-order chi connectivity index (χ1) is 13.6. The van der Waals surface area contributed by atoms with E-state index in [2.05, 4.69) is 5.32 Å². The minimum Gasteiger partial charge on any atom is -0.324 e. The summed E-state index contributed by atoms with van der Waals surface area (Å²) in [5.74, 6) is -0.527. The molecule has 0 bridgehead atoms. The van der Waals surface area contributed by atoms with Crippen molar-refractivity contribution in [2.24, 2.45) is 0 Å². The molecule has 1 aromatic rings. The Morgan fingerprint density at radius 2 is 2.14 bits per heavy atom. The average molecular weight is 334 g/mol. The number of benzene rings is 1. The normalized spacial score (nSPS) is 27.2. The second-order valence-electron chi connectivity index (χ2n) is 5.32. The van der Waals surface area contributed by atoms with Crippen LogP contribution in [0.2, 0.25) is 0 Å². The Bertz CT molecular complexity index is 778. The number of halogens is 1. The molecular formula is C18H29ClN2O. The van der Waals surface area contributed by atoms with Gasteiger partial charge in [-0.15, -0.1) is 12.4 Å². The molecule has 1 amide bonds. The van der Waals surface area contributed by atoms with Crippen molar-refractivity contribution in [1.29, 1.82) is 0 Å². The summed E-state index contributed by atoms with van der Waals surface area (Å²) in [7, 11) is 0. The van der Waals surface area contributed by atoms with E-state index in [9.17, 15) is 4.79 Å². The molecule has 4 heteroatoms. The molecule has 0 spiro atoms. The van der Waals surface area contributed by atoms with Crippen molar-refractivity contribution in [2.45, 2.75) is 58.7 Å². The van der Waals surface area contributed by atoms with Gasteiger partial charge in [0.2, 0.25) is 5.91 Å². The number of hydrogen-bond acceptors (Lipinski definition) is 2. The molecule has 1 aliphatic heterocycles. The van der Waals surface area contributed by atoms with Gasteiger partial charge in [0.25, 0.3) is 0 Å². The van der Waals surface area contributed by atoms with Crippen LogP contribution in [0.3, 0.4) is 0 Å². The van der Waals surface area contributed by atoms with Gasteiger partial charge in [-0.1, -0.05) is 37.8 Å². The third kappa shape index (κ3) is 4.72. The van der Waals surface area contributed by atoms with E-state index in [1.165, 1.54) is 0 Å². The van der Waals surface area contributed by atoms with Gasteiger partial charge in [-0.2, -0.15) is 0 Å². The Morgan fingerprint density at radius 1 is 1.41 bits per heavy atom. The van der Waals surface area contributed by atoms with E-state index in [-0.39, 0.29) is 25.4 Å². The molecule has 1 atom stereocenters. The van der Waals surface area contributed by atoms with Gasteiger partial charge < -0.3 is 5.32 Å². The van der Waals surface area contributed by atoms with Gasteiger partial charge in [0, 0.05) is 18.0 Å². The smallest absolute Gasteiger partial charge is 0.241 e. The highest BCUT2D eigenvalue weighted by atomic mass is 35.5. The lowest BCUT2D eigenvalue weighted by atomic mass is 10.00. The van der Waals surface area contributed by atoms with Crippen LogP contribution in [0.25, 0.3) is 0 Å². The Kier molecular flexibility index (Phi) is 3.87. The second kappa shape index (κ2) is 9.16. The Hall–Kier alpha value is -1.06. The number of anilines is 1. The molecule has 0 saturated carbocycles. The van der Waals surface area contributed by atoms with Crippen LogP contribution in [0.4, 0.5) is 5.69 Å². The van der Waals surface area contributed by atoms with E-state index in [0.717, 1.165) is 16.0 Å². The van der Waals surface area contributed by atoms with Crippen LogP contribution in [-0.4, -0.2) is 29.9 Å². The zero-order valence-corrected chi connectivity index (χ0v) is 13.7. The summed E-state index contributed by atoms with van der Waals surface area (Å²) in [6.45, 7) is -2.76. The summed E-state index contributed by atoms with van der Waals surface area (Å²) in [4.78, 5) is 14.0. The molecule has 124 valence electrons. The van der Waals surface area contributed by atoms with E-state index in [1.807, 2.05) is 32.0 Å². The van der Waals surface area contributed by atoms with Crippen molar-refractivity contribution < 1.29 is 17.1 Å². The maximum Gasteiger partial charge on any atom is 0.241 e. The summed E-state index contributed by atoms with van der Waals surface area (Å²) >= 11 is 0. The lowest BCUT2D eigenvalue weighted by molar-refractivity contribution is -0.122. The number of nitrogens with zero attached hydrogens (tertiary/aromatic N) is 1. The Labute approximate surface area is 153 Å². The van der Waals surface area contributed by atoms with Crippen molar-refractivity contribution in [3.8, 4) is 0 Å². The summed E-state index contributed by atoms with van der Waals surface area (Å²) < 4.78 is 70.8. The van der Waals surface area contributed by atoms with Crippen LogP contribution in [0, 0.1) is 13.8 Å². The largest absolute Gasteiger partial charge is 0.324 e. The first-order valence-electron chi connectivity index (χ1n) is 11.7. The highest BCUT2D eigenvalue weighted by Crippen LogP contribution is 2.23. The molecule has 22 heavy (non-hydrogen) atoms. The number of carbonyl (C=O) groups is 1. The summed E-state index contributed by atoms with van der Waals surface area (Å²) in [6.07, 6.45) is -5.51. The van der Waals surface area contributed by atoms with Gasteiger partial charge >= 0.3 is 0 Å². The fraction of sp³-hybridized carbons (Fsp3) is 0.611. The summed E-state index contributed by atoms with van der Waals surface area (Å²) in [6, 6.07) is 4.43. The zero-order chi connectivity index (χ0) is 23.1. The molecule has 0 aliphatic carbocycles. The number of amides is 1. The molecule has 1 unspecified atom stereocenters. The number of likely N-dealkylation sites (tertiary alicyclic amines) is 1. The number of piperidine rings is 1. The first-order valence-corrected chi connectivity index (χ1v) is 7.19. The standard InChI is InChI=1S/C18H28N2O.ClH/c1-4-5-12-20-13-7-6-11-16(20)18(21)19-17-14(2)9-8-10-15(17)3;/h8-10,16H,4-7,11-13H2,1-3H3,(H,19,21);1H/i1D3,4D2,5D2,12D2;. The molecule has 0 radical (unpaired) electrons. The summed E-state index contributed by atoms with van der Waals surface area (Å²) in [5, 5.41) is 2.80. The number of carbonyl (C=O) groups excluding carboxylic acids is 1. The molecule has 1 fully saturated rings. The predicted molar refractivity (Wildman–Crippen MR) is 95.9 cm³/mol.